The Balaban J connectivity index is 3.05. The van der Waals surface area contributed by atoms with Crippen LogP contribution in [0.15, 0.2) is 21.3 Å². The Morgan fingerprint density at radius 2 is 1.60 bits per heavy atom. The van der Waals surface area contributed by atoms with Crippen molar-refractivity contribution in [1.82, 2.24) is 0 Å². The molecule has 2 heteroatoms. The van der Waals surface area contributed by atoms with Crippen LogP contribution < -0.4 is 5.63 Å². The highest BCUT2D eigenvalue weighted by molar-refractivity contribution is 5.85. The molecule has 0 aliphatic rings. The zero-order chi connectivity index (χ0) is 11.2. The highest BCUT2D eigenvalue weighted by Crippen LogP contribution is 2.25. The molecular weight excluding hydrogens is 188 g/mol. The number of fused-ring (bicyclic) bond motifs is 1. The second kappa shape index (κ2) is 3.23. The topological polar surface area (TPSA) is 30.2 Å². The number of rotatable bonds is 0. The van der Waals surface area contributed by atoms with Gasteiger partial charge in [-0.25, -0.2) is 4.79 Å². The first-order valence-electron chi connectivity index (χ1n) is 5.02. The van der Waals surface area contributed by atoms with Crippen molar-refractivity contribution in [2.45, 2.75) is 27.7 Å². The average Bonchev–Trinajstić information content (AvgIpc) is 2.13. The van der Waals surface area contributed by atoms with Crippen molar-refractivity contribution in [3.05, 3.63) is 44.8 Å². The molecule has 1 heterocycles. The van der Waals surface area contributed by atoms with Gasteiger partial charge in [0.2, 0.25) is 0 Å². The molecule has 0 saturated heterocycles. The minimum atomic E-state index is -0.275. The Kier molecular flexibility index (Phi) is 2.14. The third kappa shape index (κ3) is 1.46. The lowest BCUT2D eigenvalue weighted by molar-refractivity contribution is 0.559. The summed E-state index contributed by atoms with van der Waals surface area (Å²) in [4.78, 5) is 11.2. The minimum absolute atomic E-state index is 0.275. The van der Waals surface area contributed by atoms with E-state index in [1.54, 1.807) is 6.07 Å². The van der Waals surface area contributed by atoms with Gasteiger partial charge in [0.1, 0.15) is 5.58 Å². The standard InChI is InChI=1S/C13H14O2/c1-7-5-11-13(10(4)9(7)3)8(2)6-12(14)15-11/h5-6H,1-4H3. The van der Waals surface area contributed by atoms with Crippen molar-refractivity contribution in [3.63, 3.8) is 0 Å². The summed E-state index contributed by atoms with van der Waals surface area (Å²) in [7, 11) is 0. The van der Waals surface area contributed by atoms with Crippen molar-refractivity contribution in [3.8, 4) is 0 Å². The zero-order valence-corrected chi connectivity index (χ0v) is 9.47. The van der Waals surface area contributed by atoms with Gasteiger partial charge in [0.05, 0.1) is 0 Å². The van der Waals surface area contributed by atoms with Gasteiger partial charge < -0.3 is 4.42 Å². The Morgan fingerprint density at radius 1 is 0.933 bits per heavy atom. The third-order valence-electron chi connectivity index (χ3n) is 3.06. The van der Waals surface area contributed by atoms with E-state index in [9.17, 15) is 4.79 Å². The van der Waals surface area contributed by atoms with Gasteiger partial charge in [-0.3, -0.25) is 0 Å². The number of benzene rings is 1. The monoisotopic (exact) mass is 202 g/mol. The maximum Gasteiger partial charge on any atom is 0.336 e. The molecule has 2 nitrogen and oxygen atoms in total. The van der Waals surface area contributed by atoms with Gasteiger partial charge in [-0.2, -0.15) is 0 Å². The Labute approximate surface area is 88.5 Å². The second-order valence-corrected chi connectivity index (χ2v) is 4.07. The van der Waals surface area contributed by atoms with Crippen LogP contribution >= 0.6 is 0 Å². The fourth-order valence-electron chi connectivity index (χ4n) is 2.00. The number of hydrogen-bond donors (Lipinski definition) is 0. The van der Waals surface area contributed by atoms with Crippen LogP contribution in [-0.2, 0) is 0 Å². The van der Waals surface area contributed by atoms with Crippen molar-refractivity contribution >= 4 is 11.0 Å². The van der Waals surface area contributed by atoms with Gasteiger partial charge in [-0.1, -0.05) is 0 Å². The summed E-state index contributed by atoms with van der Waals surface area (Å²) in [6, 6.07) is 3.48. The molecule has 0 aliphatic carbocycles. The lowest BCUT2D eigenvalue weighted by Crippen LogP contribution is -2.00. The molecule has 0 amide bonds. The normalized spacial score (nSPS) is 10.9. The summed E-state index contributed by atoms with van der Waals surface area (Å²) < 4.78 is 5.20. The van der Waals surface area contributed by atoms with Gasteiger partial charge in [0.15, 0.2) is 0 Å². The molecule has 0 aliphatic heterocycles. The molecule has 1 aromatic carbocycles. The van der Waals surface area contributed by atoms with E-state index in [0.29, 0.717) is 5.58 Å². The predicted molar refractivity (Wildman–Crippen MR) is 61.4 cm³/mol. The van der Waals surface area contributed by atoms with Crippen molar-refractivity contribution in [1.29, 1.82) is 0 Å². The van der Waals surface area contributed by atoms with Crippen LogP contribution in [0.2, 0.25) is 0 Å². The molecule has 0 spiro atoms. The SMILES string of the molecule is Cc1cc2oc(=O)cc(C)c2c(C)c1C. The molecule has 1 aromatic heterocycles. The minimum Gasteiger partial charge on any atom is -0.423 e. The molecule has 0 fully saturated rings. The van der Waals surface area contributed by atoms with E-state index in [4.69, 9.17) is 4.42 Å². The summed E-state index contributed by atoms with van der Waals surface area (Å²) in [5, 5.41) is 1.07. The van der Waals surface area contributed by atoms with Crippen molar-refractivity contribution in [2.24, 2.45) is 0 Å². The maximum atomic E-state index is 11.2. The van der Waals surface area contributed by atoms with E-state index in [1.165, 1.54) is 11.1 Å². The number of aryl methyl sites for hydroxylation is 3. The van der Waals surface area contributed by atoms with Crippen LogP contribution in [0.1, 0.15) is 22.3 Å². The molecule has 0 N–H and O–H groups in total. The Hall–Kier alpha value is -1.57. The molecule has 78 valence electrons. The van der Waals surface area contributed by atoms with Crippen molar-refractivity contribution < 1.29 is 4.42 Å². The van der Waals surface area contributed by atoms with Crippen molar-refractivity contribution in [2.75, 3.05) is 0 Å². The number of hydrogen-bond acceptors (Lipinski definition) is 2. The van der Waals surface area contributed by atoms with E-state index in [-0.39, 0.29) is 5.63 Å². The van der Waals surface area contributed by atoms with Gasteiger partial charge in [-0.15, -0.1) is 0 Å². The zero-order valence-electron chi connectivity index (χ0n) is 9.47. The van der Waals surface area contributed by atoms with Crippen LogP contribution in [0.25, 0.3) is 11.0 Å². The molecule has 0 radical (unpaired) electrons. The first kappa shape index (κ1) is 9.97. The van der Waals surface area contributed by atoms with Gasteiger partial charge >= 0.3 is 5.63 Å². The Morgan fingerprint density at radius 3 is 2.27 bits per heavy atom. The second-order valence-electron chi connectivity index (χ2n) is 4.07. The Bertz CT molecular complexity index is 591. The lowest BCUT2D eigenvalue weighted by Gasteiger charge is -2.09. The molecular formula is C13H14O2. The summed E-state index contributed by atoms with van der Waals surface area (Å²) >= 11 is 0. The molecule has 15 heavy (non-hydrogen) atoms. The fourth-order valence-corrected chi connectivity index (χ4v) is 2.00. The third-order valence-corrected chi connectivity index (χ3v) is 3.06. The summed E-state index contributed by atoms with van der Waals surface area (Å²) in [6.45, 7) is 8.14. The van der Waals surface area contributed by atoms with Crippen LogP contribution in [0.3, 0.4) is 0 Å². The van der Waals surface area contributed by atoms with E-state index in [0.717, 1.165) is 16.5 Å². The van der Waals surface area contributed by atoms with Crippen LogP contribution in [0, 0.1) is 27.7 Å². The predicted octanol–water partition coefficient (Wildman–Crippen LogP) is 3.03. The first-order valence-corrected chi connectivity index (χ1v) is 5.02. The maximum absolute atomic E-state index is 11.2. The van der Waals surface area contributed by atoms with Crippen LogP contribution in [0.4, 0.5) is 0 Å². The quantitative estimate of drug-likeness (QED) is 0.615. The molecule has 0 unspecified atom stereocenters. The van der Waals surface area contributed by atoms with Gasteiger partial charge in [-0.05, 0) is 56.0 Å². The van der Waals surface area contributed by atoms with Gasteiger partial charge in [0.25, 0.3) is 0 Å². The first-order chi connectivity index (χ1) is 7.00. The molecule has 0 atom stereocenters. The lowest BCUT2D eigenvalue weighted by atomic mass is 9.97. The summed E-state index contributed by atoms with van der Waals surface area (Å²) in [5.74, 6) is 0. The summed E-state index contributed by atoms with van der Waals surface area (Å²) in [5.41, 5.74) is 5.03. The molecule has 2 rings (SSSR count). The van der Waals surface area contributed by atoms with E-state index < -0.39 is 0 Å². The average molecular weight is 202 g/mol. The molecule has 0 saturated carbocycles. The fraction of sp³-hybridized carbons (Fsp3) is 0.308. The largest absolute Gasteiger partial charge is 0.423 e. The van der Waals surface area contributed by atoms with E-state index in [1.807, 2.05) is 19.9 Å². The highest BCUT2D eigenvalue weighted by Gasteiger charge is 2.08. The van der Waals surface area contributed by atoms with Gasteiger partial charge in [0, 0.05) is 11.5 Å². The smallest absolute Gasteiger partial charge is 0.336 e. The van der Waals surface area contributed by atoms with E-state index >= 15 is 0 Å². The molecule has 2 aromatic rings. The van der Waals surface area contributed by atoms with E-state index in [2.05, 4.69) is 13.8 Å². The molecule has 0 bridgehead atoms. The van der Waals surface area contributed by atoms with Crippen LogP contribution in [0.5, 0.6) is 0 Å². The summed E-state index contributed by atoms with van der Waals surface area (Å²) in [6.07, 6.45) is 0. The van der Waals surface area contributed by atoms with Crippen LogP contribution in [-0.4, -0.2) is 0 Å². The highest BCUT2D eigenvalue weighted by atomic mass is 16.4.